The second-order valence-electron chi connectivity index (χ2n) is 6.52. The molecule has 122 valence electrons. The van der Waals surface area contributed by atoms with Gasteiger partial charge in [-0.05, 0) is 43.9 Å². The van der Waals surface area contributed by atoms with Gasteiger partial charge in [-0.2, -0.15) is 0 Å². The molecule has 0 radical (unpaired) electrons. The Kier molecular flexibility index (Phi) is 5.46. The normalized spacial score (nSPS) is 22.0. The fraction of sp³-hybridized carbons (Fsp3) is 0.611. The van der Waals surface area contributed by atoms with Gasteiger partial charge in [0.05, 0.1) is 18.8 Å². The number of nitrogens with zero attached hydrogens (tertiary/aromatic N) is 1. The van der Waals surface area contributed by atoms with Crippen LogP contribution in [0.15, 0.2) is 18.2 Å². The van der Waals surface area contributed by atoms with Crippen LogP contribution < -0.4 is 4.74 Å². The van der Waals surface area contributed by atoms with E-state index in [0.29, 0.717) is 19.1 Å². The van der Waals surface area contributed by atoms with Crippen molar-refractivity contribution in [1.82, 2.24) is 4.90 Å². The molecule has 2 unspecified atom stereocenters. The van der Waals surface area contributed by atoms with Gasteiger partial charge in [0.1, 0.15) is 5.75 Å². The SMILES string of the molecule is Cc1ccc(C(C)C)c(OCC(=O)N2CC(C)OCC2C)c1. The molecule has 2 atom stereocenters. The van der Waals surface area contributed by atoms with Crippen LogP contribution >= 0.6 is 0 Å². The molecule has 1 saturated heterocycles. The minimum atomic E-state index is 0.0267. The molecule has 22 heavy (non-hydrogen) atoms. The molecule has 1 fully saturated rings. The Bertz CT molecular complexity index is 527. The fourth-order valence-corrected chi connectivity index (χ4v) is 2.72. The van der Waals surface area contributed by atoms with Gasteiger partial charge in [0.2, 0.25) is 0 Å². The first-order chi connectivity index (χ1) is 10.4. The summed E-state index contributed by atoms with van der Waals surface area (Å²) in [6, 6.07) is 6.28. The molecule has 4 heteroatoms. The summed E-state index contributed by atoms with van der Waals surface area (Å²) in [4.78, 5) is 14.3. The van der Waals surface area contributed by atoms with Crippen LogP contribution in [0.2, 0.25) is 0 Å². The van der Waals surface area contributed by atoms with Crippen LogP contribution in [-0.2, 0) is 9.53 Å². The van der Waals surface area contributed by atoms with Crippen LogP contribution in [0.1, 0.15) is 44.7 Å². The molecule has 0 aliphatic carbocycles. The third-order valence-electron chi connectivity index (χ3n) is 4.07. The Morgan fingerprint density at radius 3 is 2.82 bits per heavy atom. The van der Waals surface area contributed by atoms with Crippen LogP contribution in [0.5, 0.6) is 5.75 Å². The molecule has 1 heterocycles. The van der Waals surface area contributed by atoms with E-state index in [1.807, 2.05) is 31.7 Å². The summed E-state index contributed by atoms with van der Waals surface area (Å²) in [5.41, 5.74) is 2.28. The minimum absolute atomic E-state index is 0.0267. The van der Waals surface area contributed by atoms with Crippen LogP contribution in [0.25, 0.3) is 0 Å². The molecule has 4 nitrogen and oxygen atoms in total. The standard InChI is InChI=1S/C18H27NO3/c1-12(2)16-7-6-13(3)8-17(16)22-11-18(20)19-9-15(5)21-10-14(19)4/h6-8,12,14-15H,9-11H2,1-5H3. The van der Waals surface area contributed by atoms with Gasteiger partial charge in [-0.3, -0.25) is 4.79 Å². The van der Waals surface area contributed by atoms with Crippen molar-refractivity contribution in [2.45, 2.75) is 52.7 Å². The number of hydrogen-bond donors (Lipinski definition) is 0. The lowest BCUT2D eigenvalue weighted by Crippen LogP contribution is -2.51. The molecule has 0 aromatic heterocycles. The smallest absolute Gasteiger partial charge is 0.260 e. The van der Waals surface area contributed by atoms with Crippen molar-refractivity contribution >= 4 is 5.91 Å². The number of rotatable bonds is 4. The van der Waals surface area contributed by atoms with Crippen molar-refractivity contribution in [3.63, 3.8) is 0 Å². The lowest BCUT2D eigenvalue weighted by molar-refractivity contribution is -0.145. The predicted molar refractivity (Wildman–Crippen MR) is 87.4 cm³/mol. The molecule has 0 N–H and O–H groups in total. The van der Waals surface area contributed by atoms with E-state index >= 15 is 0 Å². The molecule has 0 saturated carbocycles. The highest BCUT2D eigenvalue weighted by molar-refractivity contribution is 5.78. The van der Waals surface area contributed by atoms with Crippen LogP contribution in [0.3, 0.4) is 0 Å². The van der Waals surface area contributed by atoms with Gasteiger partial charge >= 0.3 is 0 Å². The molecule has 0 bridgehead atoms. The molecule has 1 aromatic rings. The van der Waals surface area contributed by atoms with Crippen molar-refractivity contribution in [3.05, 3.63) is 29.3 Å². The van der Waals surface area contributed by atoms with Crippen molar-refractivity contribution in [1.29, 1.82) is 0 Å². The highest BCUT2D eigenvalue weighted by Gasteiger charge is 2.27. The highest BCUT2D eigenvalue weighted by atomic mass is 16.5. The van der Waals surface area contributed by atoms with Crippen LogP contribution in [0.4, 0.5) is 0 Å². The summed E-state index contributed by atoms with van der Waals surface area (Å²) in [6.07, 6.45) is 0.0883. The number of ether oxygens (including phenoxy) is 2. The summed E-state index contributed by atoms with van der Waals surface area (Å²) < 4.78 is 11.4. The highest BCUT2D eigenvalue weighted by Crippen LogP contribution is 2.27. The Morgan fingerprint density at radius 1 is 1.41 bits per heavy atom. The fourth-order valence-electron chi connectivity index (χ4n) is 2.72. The van der Waals surface area contributed by atoms with E-state index in [1.165, 1.54) is 0 Å². The average molecular weight is 305 g/mol. The first-order valence-corrected chi connectivity index (χ1v) is 8.03. The van der Waals surface area contributed by atoms with E-state index < -0.39 is 0 Å². The molecular weight excluding hydrogens is 278 g/mol. The molecular formula is C18H27NO3. The Balaban J connectivity index is 2.03. The first-order valence-electron chi connectivity index (χ1n) is 8.03. The third-order valence-corrected chi connectivity index (χ3v) is 4.07. The largest absolute Gasteiger partial charge is 0.483 e. The number of carbonyl (C=O) groups is 1. The maximum Gasteiger partial charge on any atom is 0.260 e. The van der Waals surface area contributed by atoms with Crippen molar-refractivity contribution in [2.75, 3.05) is 19.8 Å². The summed E-state index contributed by atoms with van der Waals surface area (Å²) in [6.45, 7) is 11.6. The number of carbonyl (C=O) groups excluding carboxylic acids is 1. The van der Waals surface area contributed by atoms with Gasteiger partial charge in [0.25, 0.3) is 5.91 Å². The van der Waals surface area contributed by atoms with E-state index in [-0.39, 0.29) is 24.7 Å². The lowest BCUT2D eigenvalue weighted by Gasteiger charge is -2.36. The van der Waals surface area contributed by atoms with Gasteiger partial charge in [-0.25, -0.2) is 0 Å². The Morgan fingerprint density at radius 2 is 2.14 bits per heavy atom. The molecule has 0 spiro atoms. The van der Waals surface area contributed by atoms with Crippen molar-refractivity contribution in [3.8, 4) is 5.75 Å². The number of amides is 1. The Labute approximate surface area is 133 Å². The maximum atomic E-state index is 12.4. The zero-order valence-corrected chi connectivity index (χ0v) is 14.3. The topological polar surface area (TPSA) is 38.8 Å². The monoisotopic (exact) mass is 305 g/mol. The summed E-state index contributed by atoms with van der Waals surface area (Å²) in [5, 5.41) is 0. The van der Waals surface area contributed by atoms with E-state index in [1.54, 1.807) is 0 Å². The van der Waals surface area contributed by atoms with Crippen molar-refractivity contribution in [2.24, 2.45) is 0 Å². The van der Waals surface area contributed by atoms with Crippen LogP contribution in [-0.4, -0.2) is 42.7 Å². The third kappa shape index (κ3) is 4.01. The predicted octanol–water partition coefficient (Wildman–Crippen LogP) is 3.13. The number of hydrogen-bond acceptors (Lipinski definition) is 3. The quantitative estimate of drug-likeness (QED) is 0.858. The number of benzene rings is 1. The summed E-state index contributed by atoms with van der Waals surface area (Å²) >= 11 is 0. The molecule has 1 aliphatic rings. The van der Waals surface area contributed by atoms with Gasteiger partial charge in [-0.1, -0.05) is 26.0 Å². The van der Waals surface area contributed by atoms with E-state index in [0.717, 1.165) is 16.9 Å². The molecule has 1 amide bonds. The zero-order chi connectivity index (χ0) is 16.3. The van der Waals surface area contributed by atoms with E-state index in [4.69, 9.17) is 9.47 Å². The van der Waals surface area contributed by atoms with Gasteiger partial charge in [-0.15, -0.1) is 0 Å². The summed E-state index contributed by atoms with van der Waals surface area (Å²) in [7, 11) is 0. The maximum absolute atomic E-state index is 12.4. The lowest BCUT2D eigenvalue weighted by atomic mass is 10.0. The Hall–Kier alpha value is -1.55. The summed E-state index contributed by atoms with van der Waals surface area (Å²) in [5.74, 6) is 1.21. The molecule has 2 rings (SSSR count). The number of morpholine rings is 1. The van der Waals surface area contributed by atoms with E-state index in [9.17, 15) is 4.79 Å². The number of aryl methyl sites for hydroxylation is 1. The van der Waals surface area contributed by atoms with Crippen molar-refractivity contribution < 1.29 is 14.3 Å². The minimum Gasteiger partial charge on any atom is -0.483 e. The van der Waals surface area contributed by atoms with E-state index in [2.05, 4.69) is 26.0 Å². The van der Waals surface area contributed by atoms with Gasteiger partial charge in [0.15, 0.2) is 6.61 Å². The van der Waals surface area contributed by atoms with Crippen LogP contribution in [0, 0.1) is 6.92 Å². The molecule has 1 aromatic carbocycles. The first kappa shape index (κ1) is 16.8. The zero-order valence-electron chi connectivity index (χ0n) is 14.3. The second kappa shape index (κ2) is 7.14. The van der Waals surface area contributed by atoms with Gasteiger partial charge < -0.3 is 14.4 Å². The molecule has 1 aliphatic heterocycles. The second-order valence-corrected chi connectivity index (χ2v) is 6.52. The van der Waals surface area contributed by atoms with Gasteiger partial charge in [0, 0.05) is 6.54 Å². The average Bonchev–Trinajstić information content (AvgIpc) is 2.47.